The first-order valence-electron chi connectivity index (χ1n) is 11.6. The molecule has 0 bridgehead atoms. The molecule has 0 aromatic heterocycles. The first kappa shape index (κ1) is 24.7. The molecule has 1 heterocycles. The maximum atomic E-state index is 14.7. The molecule has 0 spiro atoms. The summed E-state index contributed by atoms with van der Waals surface area (Å²) in [5.41, 5.74) is 0.571. The number of hydrogen-bond donors (Lipinski definition) is 0. The van der Waals surface area contributed by atoms with Crippen molar-refractivity contribution in [2.45, 2.75) is 76.4 Å². The van der Waals surface area contributed by atoms with Gasteiger partial charge >= 0.3 is 6.36 Å². The lowest BCUT2D eigenvalue weighted by atomic mass is 9.93. The van der Waals surface area contributed by atoms with Crippen LogP contribution in [0.25, 0.3) is 11.1 Å². The fourth-order valence-electron chi connectivity index (χ4n) is 4.73. The number of ether oxygens (including phenoxy) is 1. The lowest BCUT2D eigenvalue weighted by Gasteiger charge is -2.27. The molecule has 1 saturated heterocycles. The van der Waals surface area contributed by atoms with E-state index in [-0.39, 0.29) is 11.1 Å². The van der Waals surface area contributed by atoms with Crippen molar-refractivity contribution in [3.8, 4) is 16.9 Å². The third-order valence-electron chi connectivity index (χ3n) is 6.50. The molecule has 3 rings (SSSR count). The highest BCUT2D eigenvalue weighted by Gasteiger charge is 2.31. The Labute approximate surface area is 188 Å². The molecule has 176 valence electrons. The van der Waals surface area contributed by atoms with E-state index < -0.39 is 32.5 Å². The number of rotatable bonds is 9. The summed E-state index contributed by atoms with van der Waals surface area (Å²) in [4.78, 5) is 0. The van der Waals surface area contributed by atoms with Gasteiger partial charge in [-0.25, -0.2) is 8.78 Å². The van der Waals surface area contributed by atoms with Gasteiger partial charge in [0, 0.05) is 8.80 Å². The van der Waals surface area contributed by atoms with E-state index in [0.29, 0.717) is 17.9 Å². The molecule has 0 radical (unpaired) electrons. The van der Waals surface area contributed by atoms with Crippen LogP contribution in [0.4, 0.5) is 22.0 Å². The Kier molecular flexibility index (Phi) is 8.74. The fourth-order valence-corrected chi connectivity index (χ4v) is 8.35. The van der Waals surface area contributed by atoms with E-state index in [9.17, 15) is 22.0 Å². The van der Waals surface area contributed by atoms with Gasteiger partial charge in [0.1, 0.15) is 17.4 Å². The first-order chi connectivity index (χ1) is 15.2. The molecule has 1 aliphatic rings. The van der Waals surface area contributed by atoms with Crippen molar-refractivity contribution in [3.63, 3.8) is 0 Å². The summed E-state index contributed by atoms with van der Waals surface area (Å²) in [6.07, 6.45) is 3.25. The molecule has 2 aromatic rings. The Balaban J connectivity index is 1.56. The minimum absolute atomic E-state index is 0.174. The number of alkyl halides is 3. The van der Waals surface area contributed by atoms with Crippen LogP contribution >= 0.6 is 0 Å². The second kappa shape index (κ2) is 11.3. The SMILES string of the molecule is CCCCC[Si@H]1CC[C@H](CCc2cc(F)c(-c3ccc(OC(F)(F)F)cc3)c(F)c2)CC1. The van der Waals surface area contributed by atoms with Gasteiger partial charge < -0.3 is 4.74 Å². The standard InChI is InChI=1S/C25H31F5OSi/c1-2-3-4-13-32-14-11-18(12-15-32)5-6-19-16-22(26)24(23(27)17-19)20-7-9-21(10-8-20)31-25(28,29)30/h7-10,16-18,32H,2-6,11-15H2,1H3/t18-,32-. The normalized spacial score (nSPS) is 19.2. The zero-order valence-electron chi connectivity index (χ0n) is 18.5. The Morgan fingerprint density at radius 1 is 0.969 bits per heavy atom. The van der Waals surface area contributed by atoms with Gasteiger partial charge in [-0.15, -0.1) is 13.2 Å². The quantitative estimate of drug-likeness (QED) is 0.203. The average molecular weight is 471 g/mol. The van der Waals surface area contributed by atoms with E-state index in [1.165, 1.54) is 74.5 Å². The van der Waals surface area contributed by atoms with Gasteiger partial charge in [-0.1, -0.05) is 69.3 Å². The minimum atomic E-state index is -4.81. The molecule has 7 heteroatoms. The van der Waals surface area contributed by atoms with Crippen molar-refractivity contribution in [3.05, 3.63) is 53.6 Å². The van der Waals surface area contributed by atoms with Crippen LogP contribution < -0.4 is 4.74 Å². The molecule has 1 fully saturated rings. The smallest absolute Gasteiger partial charge is 0.406 e. The van der Waals surface area contributed by atoms with Crippen molar-refractivity contribution >= 4 is 8.80 Å². The number of hydrogen-bond acceptors (Lipinski definition) is 1. The van der Waals surface area contributed by atoms with Crippen LogP contribution in [0.3, 0.4) is 0 Å². The van der Waals surface area contributed by atoms with Crippen molar-refractivity contribution < 1.29 is 26.7 Å². The Bertz CT molecular complexity index is 835. The lowest BCUT2D eigenvalue weighted by molar-refractivity contribution is -0.274. The van der Waals surface area contributed by atoms with Crippen LogP contribution in [0, 0.1) is 17.6 Å². The van der Waals surface area contributed by atoms with Crippen molar-refractivity contribution in [2.75, 3.05) is 0 Å². The summed E-state index contributed by atoms with van der Waals surface area (Å²) in [6, 6.07) is 11.5. The van der Waals surface area contributed by atoms with Gasteiger partial charge in [0.25, 0.3) is 0 Å². The summed E-state index contributed by atoms with van der Waals surface area (Å²) < 4.78 is 70.0. The number of unbranched alkanes of at least 4 members (excludes halogenated alkanes) is 2. The summed E-state index contributed by atoms with van der Waals surface area (Å²) in [5, 5.41) is 0. The number of halogens is 5. The largest absolute Gasteiger partial charge is 0.573 e. The average Bonchev–Trinajstić information content (AvgIpc) is 2.73. The molecular formula is C25H31F5OSi. The topological polar surface area (TPSA) is 9.23 Å². The van der Waals surface area contributed by atoms with Gasteiger partial charge in [-0.05, 0) is 54.2 Å². The number of benzene rings is 2. The molecule has 0 atom stereocenters. The van der Waals surface area contributed by atoms with Gasteiger partial charge in [-0.3, -0.25) is 0 Å². The molecule has 32 heavy (non-hydrogen) atoms. The minimum Gasteiger partial charge on any atom is -0.406 e. The number of aryl methyl sites for hydroxylation is 1. The second-order valence-electron chi connectivity index (χ2n) is 8.93. The van der Waals surface area contributed by atoms with Gasteiger partial charge in [-0.2, -0.15) is 0 Å². The maximum absolute atomic E-state index is 14.7. The van der Waals surface area contributed by atoms with Crippen LogP contribution in [0.5, 0.6) is 5.75 Å². The summed E-state index contributed by atoms with van der Waals surface area (Å²) in [6.45, 7) is 2.24. The zero-order chi connectivity index (χ0) is 23.1. The van der Waals surface area contributed by atoms with Crippen LogP contribution in [-0.4, -0.2) is 15.2 Å². The molecule has 0 unspecified atom stereocenters. The van der Waals surface area contributed by atoms with E-state index >= 15 is 0 Å². The van der Waals surface area contributed by atoms with E-state index in [2.05, 4.69) is 11.7 Å². The van der Waals surface area contributed by atoms with Crippen molar-refractivity contribution in [2.24, 2.45) is 5.92 Å². The molecule has 1 nitrogen and oxygen atoms in total. The van der Waals surface area contributed by atoms with Gasteiger partial charge in [0.05, 0.1) is 5.56 Å². The molecule has 1 aliphatic heterocycles. The summed E-state index contributed by atoms with van der Waals surface area (Å²) >= 11 is 0. The molecular weight excluding hydrogens is 439 g/mol. The molecule has 2 aromatic carbocycles. The first-order valence-corrected chi connectivity index (χ1v) is 14.0. The lowest BCUT2D eigenvalue weighted by Crippen LogP contribution is -2.21. The van der Waals surface area contributed by atoms with Gasteiger partial charge in [0.2, 0.25) is 0 Å². The molecule has 0 N–H and O–H groups in total. The predicted molar refractivity (Wildman–Crippen MR) is 121 cm³/mol. The molecule has 0 saturated carbocycles. The summed E-state index contributed by atoms with van der Waals surface area (Å²) in [5.74, 6) is -1.19. The second-order valence-corrected chi connectivity index (χ2v) is 12.4. The Morgan fingerprint density at radius 2 is 1.59 bits per heavy atom. The Morgan fingerprint density at radius 3 is 2.16 bits per heavy atom. The van der Waals surface area contributed by atoms with Crippen LogP contribution in [0.15, 0.2) is 36.4 Å². The van der Waals surface area contributed by atoms with Crippen LogP contribution in [-0.2, 0) is 6.42 Å². The monoisotopic (exact) mass is 470 g/mol. The third-order valence-corrected chi connectivity index (χ3v) is 10.0. The zero-order valence-corrected chi connectivity index (χ0v) is 19.6. The van der Waals surface area contributed by atoms with Crippen molar-refractivity contribution in [1.29, 1.82) is 0 Å². The highest BCUT2D eigenvalue weighted by atomic mass is 28.3. The van der Waals surface area contributed by atoms with E-state index in [1.54, 1.807) is 0 Å². The van der Waals surface area contributed by atoms with Gasteiger partial charge in [0.15, 0.2) is 0 Å². The molecule has 0 aliphatic carbocycles. The van der Waals surface area contributed by atoms with Crippen molar-refractivity contribution in [1.82, 2.24) is 0 Å². The van der Waals surface area contributed by atoms with Crippen LogP contribution in [0.1, 0.15) is 51.0 Å². The van der Waals surface area contributed by atoms with E-state index in [4.69, 9.17) is 0 Å². The highest BCUT2D eigenvalue weighted by Crippen LogP contribution is 2.33. The highest BCUT2D eigenvalue weighted by molar-refractivity contribution is 6.58. The Hall–Kier alpha value is -1.89. The van der Waals surface area contributed by atoms with E-state index in [0.717, 1.165) is 18.6 Å². The van der Waals surface area contributed by atoms with E-state index in [1.807, 2.05) is 0 Å². The molecule has 0 amide bonds. The fraction of sp³-hybridized carbons (Fsp3) is 0.520. The van der Waals surface area contributed by atoms with Crippen LogP contribution in [0.2, 0.25) is 18.1 Å². The maximum Gasteiger partial charge on any atom is 0.573 e. The third kappa shape index (κ3) is 7.32. The summed E-state index contributed by atoms with van der Waals surface area (Å²) in [7, 11) is -0.560. The predicted octanol–water partition coefficient (Wildman–Crippen LogP) is 8.29.